The summed E-state index contributed by atoms with van der Waals surface area (Å²) in [5.74, 6) is 0. The van der Waals surface area contributed by atoms with Crippen LogP contribution in [0.25, 0.3) is 0 Å². The Morgan fingerprint density at radius 2 is 2.15 bits per heavy atom. The van der Waals surface area contributed by atoms with Gasteiger partial charge in [-0.05, 0) is 30.7 Å². The van der Waals surface area contributed by atoms with Gasteiger partial charge < -0.3 is 9.64 Å². The van der Waals surface area contributed by atoms with E-state index in [2.05, 4.69) is 30.0 Å². The quantitative estimate of drug-likeness (QED) is 0.645. The fourth-order valence-corrected chi connectivity index (χ4v) is 1.59. The van der Waals surface area contributed by atoms with E-state index in [1.807, 2.05) is 6.07 Å². The van der Waals surface area contributed by atoms with E-state index >= 15 is 0 Å². The number of morpholine rings is 1. The van der Waals surface area contributed by atoms with Crippen LogP contribution in [0.3, 0.4) is 0 Å². The molecule has 0 spiro atoms. The molecule has 0 aromatic heterocycles. The molecule has 0 bridgehead atoms. The molecule has 1 saturated heterocycles. The van der Waals surface area contributed by atoms with Gasteiger partial charge in [-0.1, -0.05) is 6.07 Å². The topological polar surface area (TPSA) is 12.5 Å². The second-order valence-electron chi connectivity index (χ2n) is 3.33. The summed E-state index contributed by atoms with van der Waals surface area (Å²) in [7, 11) is 0. The van der Waals surface area contributed by atoms with Crippen LogP contribution in [0.4, 0.5) is 5.69 Å². The highest BCUT2D eigenvalue weighted by atomic mass is 16.5. The van der Waals surface area contributed by atoms with Crippen LogP contribution < -0.4 is 4.90 Å². The molecule has 2 heteroatoms. The summed E-state index contributed by atoms with van der Waals surface area (Å²) in [6.07, 6.45) is 0. The van der Waals surface area contributed by atoms with Gasteiger partial charge >= 0.3 is 0 Å². The Labute approximate surface area is 79.1 Å². The Hall–Kier alpha value is -1.02. The van der Waals surface area contributed by atoms with Crippen LogP contribution in [0.1, 0.15) is 5.56 Å². The molecule has 0 unspecified atom stereocenters. The van der Waals surface area contributed by atoms with Crippen molar-refractivity contribution in [3.63, 3.8) is 0 Å². The first-order valence-corrected chi connectivity index (χ1v) is 4.67. The van der Waals surface area contributed by atoms with Crippen molar-refractivity contribution in [1.29, 1.82) is 0 Å². The van der Waals surface area contributed by atoms with Crippen molar-refractivity contribution in [2.24, 2.45) is 0 Å². The van der Waals surface area contributed by atoms with E-state index in [9.17, 15) is 0 Å². The van der Waals surface area contributed by atoms with Crippen molar-refractivity contribution >= 4 is 5.69 Å². The highest BCUT2D eigenvalue weighted by molar-refractivity contribution is 5.48. The molecule has 0 N–H and O–H groups in total. The largest absolute Gasteiger partial charge is 0.378 e. The summed E-state index contributed by atoms with van der Waals surface area (Å²) in [6, 6.07) is 9.42. The molecule has 1 radical (unpaired) electrons. The minimum absolute atomic E-state index is 0.845. The van der Waals surface area contributed by atoms with Crippen LogP contribution in [-0.2, 0) is 4.74 Å². The first-order valence-electron chi connectivity index (χ1n) is 4.67. The predicted molar refractivity (Wildman–Crippen MR) is 53.0 cm³/mol. The van der Waals surface area contributed by atoms with E-state index in [-0.39, 0.29) is 0 Å². The molecular weight excluding hydrogens is 162 g/mol. The summed E-state index contributed by atoms with van der Waals surface area (Å²) in [4.78, 5) is 2.35. The normalized spacial score (nSPS) is 17.5. The molecule has 1 aliphatic rings. The van der Waals surface area contributed by atoms with E-state index in [4.69, 9.17) is 4.74 Å². The molecule has 0 aliphatic carbocycles. The smallest absolute Gasteiger partial charge is 0.0642 e. The Morgan fingerprint density at radius 1 is 1.38 bits per heavy atom. The van der Waals surface area contributed by atoms with Crippen LogP contribution in [0.5, 0.6) is 0 Å². The molecule has 1 fully saturated rings. The molecular formula is C11H14NO. The maximum atomic E-state index is 5.30. The molecule has 0 amide bonds. The van der Waals surface area contributed by atoms with Crippen LogP contribution in [0.15, 0.2) is 18.2 Å². The minimum Gasteiger partial charge on any atom is -0.378 e. The SMILES string of the molecule is Cc1[c]ccc(N2CCOCC2)c1. The zero-order valence-corrected chi connectivity index (χ0v) is 7.92. The van der Waals surface area contributed by atoms with Gasteiger partial charge in [0.1, 0.15) is 0 Å². The molecule has 2 rings (SSSR count). The number of aryl methyl sites for hydroxylation is 1. The summed E-state index contributed by atoms with van der Waals surface area (Å²) in [5.41, 5.74) is 2.49. The van der Waals surface area contributed by atoms with Gasteiger partial charge in [0.15, 0.2) is 0 Å². The Balaban J connectivity index is 2.14. The van der Waals surface area contributed by atoms with Crippen molar-refractivity contribution in [2.45, 2.75) is 6.92 Å². The van der Waals surface area contributed by atoms with Gasteiger partial charge in [0.25, 0.3) is 0 Å². The second-order valence-corrected chi connectivity index (χ2v) is 3.33. The van der Waals surface area contributed by atoms with Gasteiger partial charge in [-0.25, -0.2) is 0 Å². The maximum absolute atomic E-state index is 5.30. The lowest BCUT2D eigenvalue weighted by Crippen LogP contribution is -2.36. The third kappa shape index (κ3) is 2.01. The lowest BCUT2D eigenvalue weighted by atomic mass is 10.2. The lowest BCUT2D eigenvalue weighted by Gasteiger charge is -2.28. The first-order chi connectivity index (χ1) is 6.36. The maximum Gasteiger partial charge on any atom is 0.0642 e. The monoisotopic (exact) mass is 176 g/mol. The van der Waals surface area contributed by atoms with Gasteiger partial charge in [-0.15, -0.1) is 0 Å². The molecule has 1 aromatic rings. The van der Waals surface area contributed by atoms with Crippen molar-refractivity contribution in [2.75, 3.05) is 31.2 Å². The number of benzene rings is 1. The van der Waals surface area contributed by atoms with Gasteiger partial charge in [0, 0.05) is 18.8 Å². The Bertz CT molecular complexity index is 279. The van der Waals surface area contributed by atoms with Crippen LogP contribution >= 0.6 is 0 Å². The second kappa shape index (κ2) is 3.79. The van der Waals surface area contributed by atoms with E-state index in [1.54, 1.807) is 0 Å². The summed E-state index contributed by atoms with van der Waals surface area (Å²) in [6.45, 7) is 5.77. The minimum atomic E-state index is 0.845. The zero-order chi connectivity index (χ0) is 9.10. The van der Waals surface area contributed by atoms with Crippen molar-refractivity contribution in [1.82, 2.24) is 0 Å². The average molecular weight is 176 g/mol. The molecule has 1 aromatic carbocycles. The zero-order valence-electron chi connectivity index (χ0n) is 7.92. The van der Waals surface area contributed by atoms with Crippen molar-refractivity contribution in [3.05, 3.63) is 29.8 Å². The standard InChI is InChI=1S/C11H14NO/c1-10-3-2-4-11(9-10)12-5-7-13-8-6-12/h2,4,9H,5-8H2,1H3. The number of ether oxygens (including phenoxy) is 1. The molecule has 1 heterocycles. The fraction of sp³-hybridized carbons (Fsp3) is 0.455. The number of hydrogen-bond donors (Lipinski definition) is 0. The molecule has 0 atom stereocenters. The number of hydrogen-bond acceptors (Lipinski definition) is 2. The molecule has 13 heavy (non-hydrogen) atoms. The molecule has 2 nitrogen and oxygen atoms in total. The first kappa shape index (κ1) is 8.57. The van der Waals surface area contributed by atoms with Gasteiger partial charge in [0.2, 0.25) is 0 Å². The lowest BCUT2D eigenvalue weighted by molar-refractivity contribution is 0.122. The summed E-state index contributed by atoms with van der Waals surface area (Å²) in [5, 5.41) is 0. The van der Waals surface area contributed by atoms with Crippen molar-refractivity contribution in [3.8, 4) is 0 Å². The fourth-order valence-electron chi connectivity index (χ4n) is 1.59. The summed E-state index contributed by atoms with van der Waals surface area (Å²) < 4.78 is 5.30. The van der Waals surface area contributed by atoms with Crippen LogP contribution in [0, 0.1) is 13.0 Å². The number of anilines is 1. The van der Waals surface area contributed by atoms with Gasteiger partial charge in [-0.2, -0.15) is 0 Å². The van der Waals surface area contributed by atoms with E-state index < -0.39 is 0 Å². The van der Waals surface area contributed by atoms with Crippen molar-refractivity contribution < 1.29 is 4.74 Å². The number of nitrogens with zero attached hydrogens (tertiary/aromatic N) is 1. The summed E-state index contributed by atoms with van der Waals surface area (Å²) >= 11 is 0. The predicted octanol–water partition coefficient (Wildman–Crippen LogP) is 1.63. The Morgan fingerprint density at radius 3 is 2.85 bits per heavy atom. The van der Waals surface area contributed by atoms with Gasteiger partial charge in [-0.3, -0.25) is 0 Å². The highest BCUT2D eigenvalue weighted by Crippen LogP contribution is 2.16. The Kier molecular flexibility index (Phi) is 2.50. The van der Waals surface area contributed by atoms with Crippen LogP contribution in [0.2, 0.25) is 0 Å². The van der Waals surface area contributed by atoms with E-state index in [0.717, 1.165) is 26.3 Å². The average Bonchev–Trinajstić information content (AvgIpc) is 2.19. The number of rotatable bonds is 1. The molecule has 0 saturated carbocycles. The van der Waals surface area contributed by atoms with E-state index in [1.165, 1.54) is 11.3 Å². The van der Waals surface area contributed by atoms with Gasteiger partial charge in [0.05, 0.1) is 13.2 Å². The third-order valence-corrected chi connectivity index (χ3v) is 2.31. The molecule has 69 valence electrons. The van der Waals surface area contributed by atoms with Crippen LogP contribution in [-0.4, -0.2) is 26.3 Å². The third-order valence-electron chi connectivity index (χ3n) is 2.31. The molecule has 1 aliphatic heterocycles. The highest BCUT2D eigenvalue weighted by Gasteiger charge is 2.10. The van der Waals surface area contributed by atoms with E-state index in [0.29, 0.717) is 0 Å².